The summed E-state index contributed by atoms with van der Waals surface area (Å²) < 4.78 is 9.84. The molecule has 0 aliphatic rings. The predicted octanol–water partition coefficient (Wildman–Crippen LogP) is 2.45. The molecule has 3 aromatic rings. The van der Waals surface area contributed by atoms with Gasteiger partial charge in [0.25, 0.3) is 0 Å². The molecule has 120 valence electrons. The SMILES string of the molecule is [2H]/C(=C(/C(=O)c1ccccc1)c1nnnn1-c1ccccc1)N(C)C. The highest BCUT2D eigenvalue weighted by atomic mass is 16.1. The fraction of sp³-hybridized carbons (Fsp3) is 0.111. The van der Waals surface area contributed by atoms with Crippen LogP contribution >= 0.6 is 0 Å². The Hall–Kier alpha value is -3.28. The Labute approximate surface area is 141 Å². The lowest BCUT2D eigenvalue weighted by molar-refractivity contribution is 0.105. The smallest absolute Gasteiger partial charge is 0.198 e. The van der Waals surface area contributed by atoms with Crippen LogP contribution in [0.4, 0.5) is 0 Å². The Morgan fingerprint density at radius 1 is 1.08 bits per heavy atom. The van der Waals surface area contributed by atoms with E-state index < -0.39 is 0 Å². The van der Waals surface area contributed by atoms with Gasteiger partial charge in [-0.2, -0.15) is 4.68 Å². The maximum absolute atomic E-state index is 13.1. The molecule has 3 rings (SSSR count). The maximum atomic E-state index is 13.1. The molecule has 1 aromatic heterocycles. The number of hydrogen-bond donors (Lipinski definition) is 0. The fourth-order valence-corrected chi connectivity index (χ4v) is 2.25. The van der Waals surface area contributed by atoms with Crippen LogP contribution in [0.25, 0.3) is 11.3 Å². The van der Waals surface area contributed by atoms with Gasteiger partial charge in [-0.05, 0) is 22.6 Å². The summed E-state index contributed by atoms with van der Waals surface area (Å²) in [7, 11) is 3.41. The van der Waals surface area contributed by atoms with Crippen molar-refractivity contribution in [1.82, 2.24) is 25.1 Å². The summed E-state index contributed by atoms with van der Waals surface area (Å²) in [6.07, 6.45) is 0.0424. The minimum atomic E-state index is -0.300. The third-order valence-electron chi connectivity index (χ3n) is 3.29. The van der Waals surface area contributed by atoms with E-state index in [-0.39, 0.29) is 23.4 Å². The van der Waals surface area contributed by atoms with Gasteiger partial charge in [-0.1, -0.05) is 48.5 Å². The van der Waals surface area contributed by atoms with Crippen LogP contribution in [0.1, 0.15) is 17.6 Å². The number of benzene rings is 2. The molecule has 1 heterocycles. The second kappa shape index (κ2) is 6.87. The average Bonchev–Trinajstić information content (AvgIpc) is 3.12. The molecule has 0 fully saturated rings. The van der Waals surface area contributed by atoms with Gasteiger partial charge in [0, 0.05) is 25.8 Å². The zero-order chi connectivity index (χ0) is 17.8. The summed E-state index contributed by atoms with van der Waals surface area (Å²) in [6, 6.07) is 18.1. The highest BCUT2D eigenvalue weighted by molar-refractivity contribution is 6.28. The largest absolute Gasteiger partial charge is 0.383 e. The molecule has 24 heavy (non-hydrogen) atoms. The molecule has 0 saturated heterocycles. The maximum Gasteiger partial charge on any atom is 0.198 e. The molecule has 2 aromatic carbocycles. The molecule has 0 aliphatic heterocycles. The van der Waals surface area contributed by atoms with Crippen molar-refractivity contribution in [2.45, 2.75) is 0 Å². The zero-order valence-corrected chi connectivity index (χ0v) is 13.4. The summed E-state index contributed by atoms with van der Waals surface area (Å²) in [5.41, 5.74) is 1.34. The molecule has 0 atom stereocenters. The molecule has 0 unspecified atom stereocenters. The number of tetrazole rings is 1. The van der Waals surface area contributed by atoms with E-state index >= 15 is 0 Å². The molecule has 0 radical (unpaired) electrons. The first-order chi connectivity index (χ1) is 12.1. The van der Waals surface area contributed by atoms with E-state index in [9.17, 15) is 4.79 Å². The number of para-hydroxylation sites is 1. The van der Waals surface area contributed by atoms with Crippen LogP contribution in [-0.4, -0.2) is 45.0 Å². The molecule has 6 heteroatoms. The molecule has 0 amide bonds. The van der Waals surface area contributed by atoms with Crippen molar-refractivity contribution in [1.29, 1.82) is 0 Å². The van der Waals surface area contributed by atoms with E-state index in [4.69, 9.17) is 1.37 Å². The van der Waals surface area contributed by atoms with Gasteiger partial charge < -0.3 is 4.90 Å². The molecular weight excluding hydrogens is 302 g/mol. The Bertz CT molecular complexity index is 903. The second-order valence-corrected chi connectivity index (χ2v) is 5.33. The molecular formula is C18H17N5O. The quantitative estimate of drug-likeness (QED) is 0.534. The van der Waals surface area contributed by atoms with Crippen molar-refractivity contribution < 1.29 is 6.17 Å². The van der Waals surface area contributed by atoms with Crippen molar-refractivity contribution >= 4 is 11.4 Å². The Morgan fingerprint density at radius 3 is 2.33 bits per heavy atom. The number of Topliss-reactive ketones (excluding diaryl/α,β-unsaturated/α-hetero) is 1. The standard InChI is InChI=1S/C18H17N5O/c1-22(2)13-16(17(24)14-9-5-3-6-10-14)18-19-20-21-23(18)15-11-7-4-8-12-15/h3-13H,1-2H3/b16-13+/i13D. The normalized spacial score (nSPS) is 12.3. The van der Waals surface area contributed by atoms with Gasteiger partial charge in [0.2, 0.25) is 0 Å². The van der Waals surface area contributed by atoms with Crippen LogP contribution in [0.3, 0.4) is 0 Å². The highest BCUT2D eigenvalue weighted by Gasteiger charge is 2.21. The van der Waals surface area contributed by atoms with Crippen LogP contribution in [-0.2, 0) is 0 Å². The number of allylic oxidation sites excluding steroid dienone is 1. The van der Waals surface area contributed by atoms with Gasteiger partial charge in [-0.15, -0.1) is 5.10 Å². The number of hydrogen-bond acceptors (Lipinski definition) is 5. The molecule has 0 N–H and O–H groups in total. The lowest BCUT2D eigenvalue weighted by Gasteiger charge is -2.11. The van der Waals surface area contributed by atoms with E-state index in [1.54, 1.807) is 43.3 Å². The number of carbonyl (C=O) groups is 1. The summed E-state index contributed by atoms with van der Waals surface area (Å²) in [6.45, 7) is 0. The predicted molar refractivity (Wildman–Crippen MR) is 91.6 cm³/mol. The molecule has 0 aliphatic carbocycles. The van der Waals surface area contributed by atoms with Crippen molar-refractivity contribution in [2.75, 3.05) is 14.1 Å². The van der Waals surface area contributed by atoms with Crippen molar-refractivity contribution in [2.24, 2.45) is 0 Å². The van der Waals surface area contributed by atoms with Crippen LogP contribution in [0.5, 0.6) is 0 Å². The number of nitrogens with zero attached hydrogens (tertiary/aromatic N) is 5. The van der Waals surface area contributed by atoms with E-state index in [1.807, 2.05) is 36.4 Å². The first kappa shape index (κ1) is 14.3. The lowest BCUT2D eigenvalue weighted by atomic mass is 10.0. The van der Waals surface area contributed by atoms with Gasteiger partial charge >= 0.3 is 0 Å². The minimum absolute atomic E-state index is 0.0424. The van der Waals surface area contributed by atoms with Crippen LogP contribution in [0, 0.1) is 0 Å². The zero-order valence-electron chi connectivity index (χ0n) is 14.4. The Kier molecular flexibility index (Phi) is 4.10. The van der Waals surface area contributed by atoms with E-state index in [0.29, 0.717) is 11.3 Å². The van der Waals surface area contributed by atoms with Gasteiger partial charge in [0.05, 0.1) is 12.6 Å². The van der Waals surface area contributed by atoms with Crippen molar-refractivity contribution in [3.05, 3.63) is 78.2 Å². The average molecular weight is 320 g/mol. The van der Waals surface area contributed by atoms with E-state index in [0.717, 1.165) is 0 Å². The summed E-state index contributed by atoms with van der Waals surface area (Å²) in [4.78, 5) is 14.6. The monoisotopic (exact) mass is 320 g/mol. The fourth-order valence-electron chi connectivity index (χ4n) is 2.25. The third kappa shape index (κ3) is 3.22. The Balaban J connectivity index is 2.17. The van der Waals surface area contributed by atoms with Gasteiger partial charge in [0.15, 0.2) is 11.6 Å². The van der Waals surface area contributed by atoms with Crippen molar-refractivity contribution in [3.8, 4) is 5.69 Å². The summed E-state index contributed by atoms with van der Waals surface area (Å²) >= 11 is 0. The third-order valence-corrected chi connectivity index (χ3v) is 3.29. The summed E-state index contributed by atoms with van der Waals surface area (Å²) in [5, 5.41) is 11.7. The van der Waals surface area contributed by atoms with E-state index in [1.165, 1.54) is 4.68 Å². The number of ketones is 1. The number of rotatable bonds is 5. The van der Waals surface area contributed by atoms with Crippen LogP contribution in [0.2, 0.25) is 0 Å². The lowest BCUT2D eigenvalue weighted by Crippen LogP contribution is -2.13. The molecule has 6 nitrogen and oxygen atoms in total. The molecule has 0 saturated carbocycles. The Morgan fingerprint density at radius 2 is 1.71 bits per heavy atom. The number of aromatic nitrogens is 4. The topological polar surface area (TPSA) is 63.9 Å². The first-order valence-corrected chi connectivity index (χ1v) is 7.41. The molecule has 0 bridgehead atoms. The summed E-state index contributed by atoms with van der Waals surface area (Å²) in [5.74, 6) is -0.0648. The minimum Gasteiger partial charge on any atom is -0.383 e. The highest BCUT2D eigenvalue weighted by Crippen LogP contribution is 2.20. The van der Waals surface area contributed by atoms with Crippen molar-refractivity contribution in [3.63, 3.8) is 0 Å². The van der Waals surface area contributed by atoms with Gasteiger partial charge in [-0.3, -0.25) is 4.79 Å². The molecule has 0 spiro atoms. The van der Waals surface area contributed by atoms with Crippen LogP contribution in [0.15, 0.2) is 66.8 Å². The van der Waals surface area contributed by atoms with Crippen LogP contribution < -0.4 is 0 Å². The van der Waals surface area contributed by atoms with Gasteiger partial charge in [-0.25, -0.2) is 0 Å². The second-order valence-electron chi connectivity index (χ2n) is 5.33. The van der Waals surface area contributed by atoms with E-state index in [2.05, 4.69) is 15.5 Å². The first-order valence-electron chi connectivity index (χ1n) is 7.91. The van der Waals surface area contributed by atoms with Gasteiger partial charge in [0.1, 0.15) is 0 Å². The number of carbonyl (C=O) groups excluding carboxylic acids is 1.